The lowest BCUT2D eigenvalue weighted by Crippen LogP contribution is -2.14. The molecule has 0 aliphatic heterocycles. The molecule has 0 aliphatic rings. The molecule has 0 N–H and O–H groups in total. The predicted molar refractivity (Wildman–Crippen MR) is 36.3 cm³/mol. The van der Waals surface area contributed by atoms with Gasteiger partial charge in [0.25, 0.3) is 0 Å². The molecule has 0 heterocycles. The molecule has 0 aliphatic carbocycles. The number of carbonyl (C=O) groups is 1. The van der Waals surface area contributed by atoms with Gasteiger partial charge < -0.3 is 9.53 Å². The normalized spacial score (nSPS) is 16.8. The smallest absolute Gasteiger partial charge is 0.123 e. The Bertz CT molecular complexity index is 81.0. The van der Waals surface area contributed by atoms with Crippen molar-refractivity contribution >= 4 is 6.29 Å². The third kappa shape index (κ3) is 3.25. The van der Waals surface area contributed by atoms with Crippen LogP contribution < -0.4 is 0 Å². The van der Waals surface area contributed by atoms with E-state index in [1.165, 1.54) is 0 Å². The second-order valence-corrected chi connectivity index (χ2v) is 2.43. The van der Waals surface area contributed by atoms with Crippen LogP contribution in [0.25, 0.3) is 0 Å². The van der Waals surface area contributed by atoms with Gasteiger partial charge in [0.15, 0.2) is 0 Å². The maximum Gasteiger partial charge on any atom is 0.123 e. The fraction of sp³-hybridized carbons (Fsp3) is 0.857. The van der Waals surface area contributed by atoms with E-state index in [-0.39, 0.29) is 5.92 Å². The number of hydrogen-bond acceptors (Lipinski definition) is 2. The molecule has 0 aromatic carbocycles. The summed E-state index contributed by atoms with van der Waals surface area (Å²) >= 11 is 0. The Morgan fingerprint density at radius 1 is 1.56 bits per heavy atom. The predicted octanol–water partition coefficient (Wildman–Crippen LogP) is 1.10. The van der Waals surface area contributed by atoms with E-state index in [0.717, 1.165) is 6.29 Å². The Morgan fingerprint density at radius 3 is 2.44 bits per heavy atom. The highest BCUT2D eigenvalue weighted by Crippen LogP contribution is 2.06. The van der Waals surface area contributed by atoms with Crippen LogP contribution in [-0.4, -0.2) is 20.0 Å². The van der Waals surface area contributed by atoms with E-state index in [4.69, 9.17) is 4.74 Å². The fourth-order valence-corrected chi connectivity index (χ4v) is 0.549. The first-order valence-corrected chi connectivity index (χ1v) is 3.16. The summed E-state index contributed by atoms with van der Waals surface area (Å²) in [6.45, 7) is 4.57. The van der Waals surface area contributed by atoms with Crippen LogP contribution in [0.2, 0.25) is 0 Å². The molecule has 0 spiro atoms. The lowest BCUT2D eigenvalue weighted by atomic mass is 9.99. The first-order valence-electron chi connectivity index (χ1n) is 3.16. The molecule has 0 fully saturated rings. The van der Waals surface area contributed by atoms with Gasteiger partial charge in [0.1, 0.15) is 6.29 Å². The van der Waals surface area contributed by atoms with Gasteiger partial charge in [-0.05, 0) is 5.92 Å². The molecule has 0 saturated heterocycles. The van der Waals surface area contributed by atoms with Crippen LogP contribution in [0, 0.1) is 11.8 Å². The van der Waals surface area contributed by atoms with Gasteiger partial charge in [-0.25, -0.2) is 0 Å². The standard InChI is InChI=1S/C7H14O2/c1-6(4-8)7(2)5-9-3/h4,6-7H,5H2,1-3H3. The van der Waals surface area contributed by atoms with Crippen LogP contribution in [0.4, 0.5) is 0 Å². The van der Waals surface area contributed by atoms with Crippen LogP contribution in [0.3, 0.4) is 0 Å². The summed E-state index contributed by atoms with van der Waals surface area (Å²) in [6, 6.07) is 0. The third-order valence-corrected chi connectivity index (χ3v) is 1.54. The molecule has 2 heteroatoms. The van der Waals surface area contributed by atoms with Crippen LogP contribution in [-0.2, 0) is 9.53 Å². The minimum atomic E-state index is 0.116. The largest absolute Gasteiger partial charge is 0.384 e. The molecule has 54 valence electrons. The molecule has 0 saturated carbocycles. The molecule has 0 rings (SSSR count). The van der Waals surface area contributed by atoms with Crippen molar-refractivity contribution in [3.63, 3.8) is 0 Å². The van der Waals surface area contributed by atoms with Gasteiger partial charge in [0.05, 0.1) is 0 Å². The molecule has 0 amide bonds. The van der Waals surface area contributed by atoms with Crippen LogP contribution >= 0.6 is 0 Å². The van der Waals surface area contributed by atoms with E-state index in [2.05, 4.69) is 0 Å². The van der Waals surface area contributed by atoms with Crippen LogP contribution in [0.1, 0.15) is 13.8 Å². The number of methoxy groups -OCH3 is 1. The zero-order valence-electron chi connectivity index (χ0n) is 6.26. The summed E-state index contributed by atoms with van der Waals surface area (Å²) in [4.78, 5) is 10.2. The van der Waals surface area contributed by atoms with Gasteiger partial charge >= 0.3 is 0 Å². The highest BCUT2D eigenvalue weighted by Gasteiger charge is 2.09. The fourth-order valence-electron chi connectivity index (χ4n) is 0.549. The van der Waals surface area contributed by atoms with E-state index in [1.807, 2.05) is 13.8 Å². The molecule has 0 radical (unpaired) electrons. The number of rotatable bonds is 4. The van der Waals surface area contributed by atoms with E-state index >= 15 is 0 Å². The van der Waals surface area contributed by atoms with E-state index in [9.17, 15) is 4.79 Å². The highest BCUT2D eigenvalue weighted by molar-refractivity contribution is 5.53. The zero-order chi connectivity index (χ0) is 7.28. The summed E-state index contributed by atoms with van der Waals surface area (Å²) in [6.07, 6.45) is 0.962. The Labute approximate surface area is 56.2 Å². The average Bonchev–Trinajstić information content (AvgIpc) is 1.87. The second-order valence-electron chi connectivity index (χ2n) is 2.43. The lowest BCUT2D eigenvalue weighted by molar-refractivity contribution is -0.112. The summed E-state index contributed by atoms with van der Waals surface area (Å²) < 4.78 is 4.87. The van der Waals surface area contributed by atoms with Gasteiger partial charge in [-0.15, -0.1) is 0 Å². The van der Waals surface area contributed by atoms with Gasteiger partial charge in [-0.2, -0.15) is 0 Å². The first kappa shape index (κ1) is 8.63. The Morgan fingerprint density at radius 2 is 2.11 bits per heavy atom. The van der Waals surface area contributed by atoms with Gasteiger partial charge in [-0.3, -0.25) is 0 Å². The lowest BCUT2D eigenvalue weighted by Gasteiger charge is -2.11. The molecular formula is C7H14O2. The third-order valence-electron chi connectivity index (χ3n) is 1.54. The highest BCUT2D eigenvalue weighted by atomic mass is 16.5. The minimum Gasteiger partial charge on any atom is -0.384 e. The van der Waals surface area contributed by atoms with Crippen LogP contribution in [0.15, 0.2) is 0 Å². The summed E-state index contributed by atoms with van der Waals surface area (Å²) in [5.74, 6) is 0.456. The molecule has 2 atom stereocenters. The second kappa shape index (κ2) is 4.50. The number of hydrogen-bond donors (Lipinski definition) is 0. The van der Waals surface area contributed by atoms with Crippen molar-refractivity contribution in [1.29, 1.82) is 0 Å². The van der Waals surface area contributed by atoms with Crippen molar-refractivity contribution < 1.29 is 9.53 Å². The van der Waals surface area contributed by atoms with Crippen molar-refractivity contribution in [2.45, 2.75) is 13.8 Å². The zero-order valence-corrected chi connectivity index (χ0v) is 6.26. The summed E-state index contributed by atoms with van der Waals surface area (Å²) in [5, 5.41) is 0. The van der Waals surface area contributed by atoms with E-state index < -0.39 is 0 Å². The first-order chi connectivity index (χ1) is 4.22. The summed E-state index contributed by atoms with van der Waals surface area (Å²) in [5.41, 5.74) is 0. The van der Waals surface area contributed by atoms with Gasteiger partial charge in [-0.1, -0.05) is 13.8 Å². The SMILES string of the molecule is COCC(C)C(C)C=O. The van der Waals surface area contributed by atoms with E-state index in [0.29, 0.717) is 12.5 Å². The number of aldehydes is 1. The topological polar surface area (TPSA) is 26.3 Å². The summed E-state index contributed by atoms with van der Waals surface area (Å²) in [7, 11) is 1.65. The molecular weight excluding hydrogens is 116 g/mol. The monoisotopic (exact) mass is 130 g/mol. The van der Waals surface area contributed by atoms with Gasteiger partial charge in [0.2, 0.25) is 0 Å². The molecule has 0 bridgehead atoms. The maximum absolute atomic E-state index is 10.2. The Kier molecular flexibility index (Phi) is 4.32. The molecule has 0 aromatic heterocycles. The molecule has 2 nitrogen and oxygen atoms in total. The average molecular weight is 130 g/mol. The number of ether oxygens (including phenoxy) is 1. The molecule has 0 aromatic rings. The van der Waals surface area contributed by atoms with Gasteiger partial charge in [0, 0.05) is 19.6 Å². The van der Waals surface area contributed by atoms with Crippen LogP contribution in [0.5, 0.6) is 0 Å². The maximum atomic E-state index is 10.2. The Balaban J connectivity index is 3.44. The quantitative estimate of drug-likeness (QED) is 0.533. The van der Waals surface area contributed by atoms with Crippen molar-refractivity contribution in [3.8, 4) is 0 Å². The Hall–Kier alpha value is -0.370. The number of carbonyl (C=O) groups excluding carboxylic acids is 1. The van der Waals surface area contributed by atoms with Crippen molar-refractivity contribution in [1.82, 2.24) is 0 Å². The molecule has 9 heavy (non-hydrogen) atoms. The minimum absolute atomic E-state index is 0.116. The molecule has 2 unspecified atom stereocenters. The van der Waals surface area contributed by atoms with Crippen molar-refractivity contribution in [2.24, 2.45) is 11.8 Å². The van der Waals surface area contributed by atoms with Crippen molar-refractivity contribution in [2.75, 3.05) is 13.7 Å². The van der Waals surface area contributed by atoms with E-state index in [1.54, 1.807) is 7.11 Å². The van der Waals surface area contributed by atoms with Crippen molar-refractivity contribution in [3.05, 3.63) is 0 Å².